The monoisotopic (exact) mass is 753 g/mol. The van der Waals surface area contributed by atoms with Crippen LogP contribution in [0.5, 0.6) is 5.75 Å². The van der Waals surface area contributed by atoms with Crippen LogP contribution in [0.3, 0.4) is 0 Å². The van der Waals surface area contributed by atoms with Gasteiger partial charge in [-0.2, -0.15) is 13.2 Å². The van der Waals surface area contributed by atoms with E-state index < -0.39 is 76.9 Å². The summed E-state index contributed by atoms with van der Waals surface area (Å²) in [5.41, 5.74) is -3.84. The van der Waals surface area contributed by atoms with Crippen molar-refractivity contribution in [2.75, 3.05) is 29.4 Å². The quantitative estimate of drug-likeness (QED) is 0.136. The van der Waals surface area contributed by atoms with Crippen LogP contribution in [-0.4, -0.2) is 77.6 Å². The second-order valence-electron chi connectivity index (χ2n) is 16.3. The third kappa shape index (κ3) is 12.2. The van der Waals surface area contributed by atoms with Gasteiger partial charge in [-0.05, 0) is 73.8 Å². The van der Waals surface area contributed by atoms with Crippen molar-refractivity contribution in [1.82, 2.24) is 4.90 Å². The molecular weight excluding hydrogens is 702 g/mol. The van der Waals surface area contributed by atoms with Gasteiger partial charge in [0.25, 0.3) is 0 Å². The number of fused-ring (bicyclic) bond motifs is 1. The summed E-state index contributed by atoms with van der Waals surface area (Å²) in [6.07, 6.45) is -7.48. The number of ether oxygens (including phenoxy) is 4. The maximum atomic E-state index is 17.1. The van der Waals surface area contributed by atoms with Crippen LogP contribution in [0.4, 0.5) is 38.5 Å². The number of rotatable bonds is 10. The Labute approximate surface area is 308 Å². The molecule has 0 unspecified atom stereocenters. The lowest BCUT2D eigenvalue weighted by Gasteiger charge is -2.34. The fraction of sp³-hybridized carbons (Fsp3) is 0.579. The molecule has 11 nitrogen and oxygen atoms in total. The number of carbonyl (C=O) groups is 4. The molecule has 1 atom stereocenters. The van der Waals surface area contributed by atoms with Gasteiger partial charge in [0.1, 0.15) is 41.4 Å². The predicted octanol–water partition coefficient (Wildman–Crippen LogP) is 8.20. The first-order valence-corrected chi connectivity index (χ1v) is 17.3. The maximum Gasteiger partial charge on any atom is 0.471 e. The molecule has 0 fully saturated rings. The fourth-order valence-corrected chi connectivity index (χ4v) is 5.53. The SMILES string of the molecule is CC(C)CN(C[C@H]1Cc2c(cc(OCc3ccccc3)c(N(CC(=O)OC(C)(C)C)C(=O)C(F)(F)F)c2F)N1C(=O)OC(C)(C)C)C(=O)OC(C)(C)C. The minimum absolute atomic E-state index is 0.0546. The van der Waals surface area contributed by atoms with E-state index in [4.69, 9.17) is 18.9 Å². The van der Waals surface area contributed by atoms with Crippen molar-refractivity contribution in [1.29, 1.82) is 0 Å². The Balaban J connectivity index is 2.30. The van der Waals surface area contributed by atoms with Crippen LogP contribution < -0.4 is 14.5 Å². The second-order valence-corrected chi connectivity index (χ2v) is 16.3. The maximum absolute atomic E-state index is 17.1. The standard InChI is InChI=1S/C38H51F4N3O8/c1-23(2)19-43(33(48)52-36(6,7)8)20-25-17-26-27(45(25)34(49)53-37(9,10)11)18-28(50-22-24-15-13-12-14-16-24)31(30(26)39)44(32(47)38(40,41)42)21-29(46)51-35(3,4)5/h12-16,18,23,25H,17,19-22H2,1-11H3/t25-/m1/s1. The van der Waals surface area contributed by atoms with Gasteiger partial charge in [-0.25, -0.2) is 14.0 Å². The third-order valence-corrected chi connectivity index (χ3v) is 7.31. The molecule has 1 aliphatic rings. The Bertz CT molecular complexity index is 1640. The zero-order chi connectivity index (χ0) is 40.3. The van der Waals surface area contributed by atoms with Crippen molar-refractivity contribution >= 4 is 35.4 Å². The van der Waals surface area contributed by atoms with Gasteiger partial charge >= 0.3 is 30.2 Å². The summed E-state index contributed by atoms with van der Waals surface area (Å²) in [6.45, 7) is 16.5. The van der Waals surface area contributed by atoms with Crippen LogP contribution in [0, 0.1) is 11.7 Å². The topological polar surface area (TPSA) is 115 Å². The van der Waals surface area contributed by atoms with E-state index in [-0.39, 0.29) is 48.2 Å². The highest BCUT2D eigenvalue weighted by atomic mass is 19.4. The Morgan fingerprint density at radius 2 is 1.43 bits per heavy atom. The van der Waals surface area contributed by atoms with Crippen LogP contribution in [0.1, 0.15) is 87.3 Å². The molecule has 53 heavy (non-hydrogen) atoms. The minimum atomic E-state index is -5.54. The van der Waals surface area contributed by atoms with Gasteiger partial charge in [-0.3, -0.25) is 19.4 Å². The number of anilines is 2. The van der Waals surface area contributed by atoms with Crippen LogP contribution in [0.15, 0.2) is 36.4 Å². The van der Waals surface area contributed by atoms with E-state index in [1.54, 1.807) is 71.9 Å². The highest BCUT2D eigenvalue weighted by molar-refractivity contribution is 6.03. The first-order chi connectivity index (χ1) is 24.2. The smallest absolute Gasteiger partial charge is 0.471 e. The molecule has 0 aromatic heterocycles. The average Bonchev–Trinajstić information content (AvgIpc) is 3.34. The highest BCUT2D eigenvalue weighted by Gasteiger charge is 2.48. The zero-order valence-electron chi connectivity index (χ0n) is 32.3. The highest BCUT2D eigenvalue weighted by Crippen LogP contribution is 2.46. The summed E-state index contributed by atoms with van der Waals surface area (Å²) in [6, 6.07) is 8.56. The van der Waals surface area contributed by atoms with E-state index in [1.165, 1.54) is 25.7 Å². The van der Waals surface area contributed by atoms with Crippen molar-refractivity contribution in [2.45, 2.75) is 118 Å². The molecule has 2 aromatic rings. The Morgan fingerprint density at radius 1 is 0.868 bits per heavy atom. The van der Waals surface area contributed by atoms with Crippen molar-refractivity contribution in [3.8, 4) is 5.75 Å². The number of hydrogen-bond acceptors (Lipinski definition) is 8. The summed E-state index contributed by atoms with van der Waals surface area (Å²) in [7, 11) is 0. The predicted molar refractivity (Wildman–Crippen MR) is 190 cm³/mol. The van der Waals surface area contributed by atoms with Crippen molar-refractivity contribution in [3.63, 3.8) is 0 Å². The lowest BCUT2D eigenvalue weighted by atomic mass is 10.1. The molecule has 3 amide bonds. The first kappa shape index (κ1) is 42.8. The number of alkyl halides is 3. The van der Waals surface area contributed by atoms with Gasteiger partial charge in [-0.1, -0.05) is 44.2 Å². The number of esters is 1. The van der Waals surface area contributed by atoms with Crippen molar-refractivity contribution in [3.05, 3.63) is 53.3 Å². The van der Waals surface area contributed by atoms with Gasteiger partial charge in [0, 0.05) is 31.1 Å². The van der Waals surface area contributed by atoms with E-state index in [0.717, 1.165) is 11.0 Å². The van der Waals surface area contributed by atoms with Gasteiger partial charge in [0.2, 0.25) is 0 Å². The third-order valence-electron chi connectivity index (χ3n) is 7.31. The molecule has 0 saturated carbocycles. The summed E-state index contributed by atoms with van der Waals surface area (Å²) >= 11 is 0. The molecule has 15 heteroatoms. The molecule has 1 aliphatic heterocycles. The van der Waals surface area contributed by atoms with E-state index in [9.17, 15) is 32.3 Å². The fourth-order valence-electron chi connectivity index (χ4n) is 5.53. The normalized spacial score (nSPS) is 14.8. The molecule has 294 valence electrons. The van der Waals surface area contributed by atoms with Crippen LogP contribution in [0.25, 0.3) is 0 Å². The molecule has 0 N–H and O–H groups in total. The first-order valence-electron chi connectivity index (χ1n) is 17.3. The van der Waals surface area contributed by atoms with Crippen LogP contribution in [-0.2, 0) is 36.8 Å². The number of nitrogens with zero attached hydrogens (tertiary/aromatic N) is 3. The van der Waals surface area contributed by atoms with E-state index >= 15 is 4.39 Å². The minimum Gasteiger partial charge on any atom is -0.487 e. The summed E-state index contributed by atoms with van der Waals surface area (Å²) in [5.74, 6) is -5.74. The molecular formula is C38H51F4N3O8. The Kier molecular flexibility index (Phi) is 13.1. The Morgan fingerprint density at radius 3 is 1.94 bits per heavy atom. The van der Waals surface area contributed by atoms with Crippen molar-refractivity contribution < 1.29 is 55.7 Å². The van der Waals surface area contributed by atoms with Crippen LogP contribution >= 0.6 is 0 Å². The zero-order valence-corrected chi connectivity index (χ0v) is 32.3. The van der Waals surface area contributed by atoms with Gasteiger partial charge < -0.3 is 23.8 Å². The number of benzene rings is 2. The molecule has 0 radical (unpaired) electrons. The average molecular weight is 754 g/mol. The summed E-state index contributed by atoms with van der Waals surface area (Å²) < 4.78 is 82.1. The lowest BCUT2D eigenvalue weighted by Crippen LogP contribution is -2.50. The van der Waals surface area contributed by atoms with Gasteiger partial charge in [0.05, 0.1) is 11.7 Å². The van der Waals surface area contributed by atoms with Gasteiger partial charge in [0.15, 0.2) is 5.82 Å². The van der Waals surface area contributed by atoms with E-state index in [0.29, 0.717) is 5.56 Å². The number of carbonyl (C=O) groups excluding carboxylic acids is 4. The Hall–Kier alpha value is -4.56. The molecule has 1 heterocycles. The van der Waals surface area contributed by atoms with Gasteiger partial charge in [-0.15, -0.1) is 0 Å². The number of hydrogen-bond donors (Lipinski definition) is 0. The molecule has 0 bridgehead atoms. The molecule has 0 saturated heterocycles. The van der Waals surface area contributed by atoms with E-state index in [2.05, 4.69) is 0 Å². The van der Waals surface area contributed by atoms with E-state index in [1.807, 2.05) is 13.8 Å². The molecule has 2 aromatic carbocycles. The number of halogens is 4. The molecule has 0 spiro atoms. The van der Waals surface area contributed by atoms with Crippen LogP contribution in [0.2, 0.25) is 0 Å². The lowest BCUT2D eigenvalue weighted by molar-refractivity contribution is -0.171. The van der Waals surface area contributed by atoms with Crippen molar-refractivity contribution in [2.24, 2.45) is 5.92 Å². The summed E-state index contributed by atoms with van der Waals surface area (Å²) in [4.78, 5) is 55.7. The number of amides is 3. The summed E-state index contributed by atoms with van der Waals surface area (Å²) in [5, 5.41) is 0. The second kappa shape index (κ2) is 16.2. The molecule has 0 aliphatic carbocycles. The largest absolute Gasteiger partial charge is 0.487 e. The molecule has 3 rings (SSSR count).